The van der Waals surface area contributed by atoms with Gasteiger partial charge in [-0.05, 0) is 17.7 Å². The molecule has 0 spiro atoms. The molecule has 0 aromatic heterocycles. The summed E-state index contributed by atoms with van der Waals surface area (Å²) in [6.07, 6.45) is 0. The van der Waals surface area contributed by atoms with Crippen molar-refractivity contribution in [2.75, 3.05) is 33.2 Å². The van der Waals surface area contributed by atoms with Crippen molar-refractivity contribution in [3.63, 3.8) is 0 Å². The minimum absolute atomic E-state index is 0.0310. The van der Waals surface area contributed by atoms with Crippen LogP contribution >= 0.6 is 0 Å². The van der Waals surface area contributed by atoms with Crippen molar-refractivity contribution in [1.82, 2.24) is 15.1 Å². The number of rotatable bonds is 4. The fourth-order valence-electron chi connectivity index (χ4n) is 2.89. The number of carboxylic acids is 1. The number of carbonyl (C=O) groups excluding carboxylic acids is 2. The second kappa shape index (κ2) is 7.92. The monoisotopic (exact) mass is 333 g/mol. The van der Waals surface area contributed by atoms with Crippen LogP contribution in [0.15, 0.2) is 24.3 Å². The van der Waals surface area contributed by atoms with E-state index in [9.17, 15) is 14.4 Å². The van der Waals surface area contributed by atoms with E-state index in [1.165, 1.54) is 6.92 Å². The van der Waals surface area contributed by atoms with Crippen LogP contribution in [0.25, 0.3) is 0 Å². The molecule has 1 aromatic rings. The molecule has 0 radical (unpaired) electrons. The lowest BCUT2D eigenvalue weighted by atomic mass is 10.1. The number of nitrogens with zero attached hydrogens (tertiary/aromatic N) is 2. The van der Waals surface area contributed by atoms with E-state index in [1.807, 2.05) is 0 Å². The van der Waals surface area contributed by atoms with Crippen molar-refractivity contribution < 1.29 is 19.5 Å². The molecule has 130 valence electrons. The van der Waals surface area contributed by atoms with Gasteiger partial charge in [0.05, 0.1) is 11.5 Å². The van der Waals surface area contributed by atoms with Crippen LogP contribution in [-0.2, 0) is 16.1 Å². The van der Waals surface area contributed by atoms with Crippen LogP contribution in [0.2, 0.25) is 0 Å². The minimum atomic E-state index is -0.951. The lowest BCUT2D eigenvalue weighted by molar-refractivity contribution is -0.130. The molecule has 1 fully saturated rings. The highest BCUT2D eigenvalue weighted by atomic mass is 16.4. The van der Waals surface area contributed by atoms with Crippen molar-refractivity contribution in [2.24, 2.45) is 5.92 Å². The van der Waals surface area contributed by atoms with E-state index < -0.39 is 5.97 Å². The molecule has 1 atom stereocenters. The van der Waals surface area contributed by atoms with Gasteiger partial charge in [-0.25, -0.2) is 4.79 Å². The number of hydrogen-bond donors (Lipinski definition) is 2. The summed E-state index contributed by atoms with van der Waals surface area (Å²) in [5.41, 5.74) is 1.23. The van der Waals surface area contributed by atoms with Crippen LogP contribution in [-0.4, -0.2) is 65.9 Å². The molecule has 2 rings (SSSR count). The largest absolute Gasteiger partial charge is 0.478 e. The van der Waals surface area contributed by atoms with Gasteiger partial charge in [0.15, 0.2) is 0 Å². The Morgan fingerprint density at radius 3 is 2.38 bits per heavy atom. The smallest absolute Gasteiger partial charge is 0.335 e. The summed E-state index contributed by atoms with van der Waals surface area (Å²) in [4.78, 5) is 38.5. The molecule has 0 aliphatic carbocycles. The zero-order valence-electron chi connectivity index (χ0n) is 14.0. The first kappa shape index (κ1) is 17.9. The van der Waals surface area contributed by atoms with E-state index in [4.69, 9.17) is 5.11 Å². The third kappa shape index (κ3) is 4.55. The SMILES string of the molecule is CNC(=O)C1CN(Cc2ccc(C(=O)O)cc2)CCN(C(C)=O)C1. The lowest BCUT2D eigenvalue weighted by Crippen LogP contribution is -2.40. The third-order valence-corrected chi connectivity index (χ3v) is 4.28. The van der Waals surface area contributed by atoms with E-state index in [0.29, 0.717) is 32.7 Å². The lowest BCUT2D eigenvalue weighted by Gasteiger charge is -2.23. The summed E-state index contributed by atoms with van der Waals surface area (Å²) in [5, 5.41) is 11.6. The summed E-state index contributed by atoms with van der Waals surface area (Å²) in [5.74, 6) is -1.33. The van der Waals surface area contributed by atoms with Crippen molar-refractivity contribution >= 4 is 17.8 Å². The quantitative estimate of drug-likeness (QED) is 0.833. The molecule has 7 heteroatoms. The van der Waals surface area contributed by atoms with Crippen LogP contribution in [0.5, 0.6) is 0 Å². The van der Waals surface area contributed by atoms with E-state index in [2.05, 4.69) is 10.2 Å². The molecule has 2 amide bonds. The maximum absolute atomic E-state index is 12.1. The van der Waals surface area contributed by atoms with Gasteiger partial charge >= 0.3 is 5.97 Å². The second-order valence-corrected chi connectivity index (χ2v) is 6.01. The first-order valence-electron chi connectivity index (χ1n) is 7.92. The van der Waals surface area contributed by atoms with E-state index in [-0.39, 0.29) is 23.3 Å². The number of carboxylic acid groups (broad SMARTS) is 1. The van der Waals surface area contributed by atoms with Crippen LogP contribution < -0.4 is 5.32 Å². The van der Waals surface area contributed by atoms with Gasteiger partial charge in [0.1, 0.15) is 0 Å². The Morgan fingerprint density at radius 1 is 1.17 bits per heavy atom. The van der Waals surface area contributed by atoms with Crippen LogP contribution in [0.3, 0.4) is 0 Å². The standard InChI is InChI=1S/C17H23N3O4/c1-12(21)20-8-7-19(10-15(11-20)16(22)18-2)9-13-3-5-14(6-4-13)17(23)24/h3-6,15H,7-11H2,1-2H3,(H,18,22)(H,23,24). The minimum Gasteiger partial charge on any atom is -0.478 e. The Labute approximate surface area is 141 Å². The maximum atomic E-state index is 12.1. The van der Waals surface area contributed by atoms with E-state index >= 15 is 0 Å². The topological polar surface area (TPSA) is 89.9 Å². The zero-order chi connectivity index (χ0) is 17.7. The highest BCUT2D eigenvalue weighted by Gasteiger charge is 2.28. The Bertz CT molecular complexity index is 615. The van der Waals surface area contributed by atoms with E-state index in [0.717, 1.165) is 5.56 Å². The van der Waals surface area contributed by atoms with Gasteiger partial charge in [-0.2, -0.15) is 0 Å². The normalized spacial score (nSPS) is 18.8. The van der Waals surface area contributed by atoms with Gasteiger partial charge in [-0.15, -0.1) is 0 Å². The molecule has 1 heterocycles. The molecule has 1 aliphatic rings. The summed E-state index contributed by atoms with van der Waals surface area (Å²) in [6, 6.07) is 6.72. The average molecular weight is 333 g/mol. The maximum Gasteiger partial charge on any atom is 0.335 e. The molecular weight excluding hydrogens is 310 g/mol. The second-order valence-electron chi connectivity index (χ2n) is 6.01. The van der Waals surface area contributed by atoms with Crippen molar-refractivity contribution in [3.8, 4) is 0 Å². The number of amides is 2. The third-order valence-electron chi connectivity index (χ3n) is 4.28. The molecule has 2 N–H and O–H groups in total. The number of carbonyl (C=O) groups is 3. The van der Waals surface area contributed by atoms with Gasteiger partial charge in [-0.3, -0.25) is 14.5 Å². The molecule has 1 aromatic carbocycles. The summed E-state index contributed by atoms with van der Waals surface area (Å²) < 4.78 is 0. The number of benzene rings is 1. The molecule has 0 bridgehead atoms. The highest BCUT2D eigenvalue weighted by Crippen LogP contribution is 2.14. The molecule has 7 nitrogen and oxygen atoms in total. The van der Waals surface area contributed by atoms with E-state index in [1.54, 1.807) is 36.2 Å². The van der Waals surface area contributed by atoms with Gasteiger partial charge in [-0.1, -0.05) is 12.1 Å². The summed E-state index contributed by atoms with van der Waals surface area (Å²) in [7, 11) is 1.60. The number of hydrogen-bond acceptors (Lipinski definition) is 4. The van der Waals surface area contributed by atoms with Crippen LogP contribution in [0.1, 0.15) is 22.8 Å². The zero-order valence-corrected chi connectivity index (χ0v) is 14.0. The molecular formula is C17H23N3O4. The Balaban J connectivity index is 2.09. The summed E-state index contributed by atoms with van der Waals surface area (Å²) >= 11 is 0. The van der Waals surface area contributed by atoms with Crippen LogP contribution in [0.4, 0.5) is 0 Å². The molecule has 1 unspecified atom stereocenters. The average Bonchev–Trinajstić information content (AvgIpc) is 2.77. The fraction of sp³-hybridized carbons (Fsp3) is 0.471. The first-order chi connectivity index (χ1) is 11.4. The highest BCUT2D eigenvalue weighted by molar-refractivity contribution is 5.87. The van der Waals surface area contributed by atoms with Crippen LogP contribution in [0, 0.1) is 5.92 Å². The Kier molecular flexibility index (Phi) is 5.92. The summed E-state index contributed by atoms with van der Waals surface area (Å²) in [6.45, 7) is 4.36. The van der Waals surface area contributed by atoms with Gasteiger partial charge in [0.25, 0.3) is 0 Å². The van der Waals surface area contributed by atoms with Crippen molar-refractivity contribution in [1.29, 1.82) is 0 Å². The Hall–Kier alpha value is -2.41. The van der Waals surface area contributed by atoms with Crippen molar-refractivity contribution in [3.05, 3.63) is 35.4 Å². The Morgan fingerprint density at radius 2 is 1.83 bits per heavy atom. The van der Waals surface area contributed by atoms with Gasteiger partial charge < -0.3 is 15.3 Å². The number of aromatic carboxylic acids is 1. The predicted molar refractivity (Wildman–Crippen MR) is 88.5 cm³/mol. The van der Waals surface area contributed by atoms with Gasteiger partial charge in [0, 0.05) is 46.7 Å². The first-order valence-corrected chi connectivity index (χ1v) is 7.92. The fourth-order valence-corrected chi connectivity index (χ4v) is 2.89. The molecule has 1 saturated heterocycles. The number of nitrogens with one attached hydrogen (secondary N) is 1. The van der Waals surface area contributed by atoms with Crippen molar-refractivity contribution in [2.45, 2.75) is 13.5 Å². The van der Waals surface area contributed by atoms with Gasteiger partial charge in [0.2, 0.25) is 11.8 Å². The molecule has 24 heavy (non-hydrogen) atoms. The molecule has 0 saturated carbocycles. The molecule has 1 aliphatic heterocycles. The predicted octanol–water partition coefficient (Wildman–Crippen LogP) is 0.411.